The van der Waals surface area contributed by atoms with Gasteiger partial charge in [0.2, 0.25) is 5.89 Å². The summed E-state index contributed by atoms with van der Waals surface area (Å²) in [5, 5.41) is 3.34. The summed E-state index contributed by atoms with van der Waals surface area (Å²) in [6.07, 6.45) is 6.39. The van der Waals surface area contributed by atoms with Crippen molar-refractivity contribution in [2.45, 2.75) is 32.9 Å². The van der Waals surface area contributed by atoms with Crippen LogP contribution in [0.1, 0.15) is 37.4 Å². The standard InChI is InChI=1S/C12H18N4O/c1-4-10-7-15-11(17-10)8-14-9(2)12-13-5-6-16(12)3/h5-7,9,14H,4,8H2,1-3H3. The number of nitrogens with zero attached hydrogens (tertiary/aromatic N) is 3. The van der Waals surface area contributed by atoms with Gasteiger partial charge < -0.3 is 8.98 Å². The van der Waals surface area contributed by atoms with Crippen molar-refractivity contribution >= 4 is 0 Å². The van der Waals surface area contributed by atoms with Gasteiger partial charge in [-0.25, -0.2) is 9.97 Å². The molecular formula is C12H18N4O. The van der Waals surface area contributed by atoms with Gasteiger partial charge in [-0.2, -0.15) is 0 Å². The van der Waals surface area contributed by atoms with E-state index in [1.807, 2.05) is 24.7 Å². The molecule has 0 radical (unpaired) electrons. The van der Waals surface area contributed by atoms with E-state index < -0.39 is 0 Å². The molecule has 2 aromatic heterocycles. The van der Waals surface area contributed by atoms with E-state index >= 15 is 0 Å². The van der Waals surface area contributed by atoms with Crippen molar-refractivity contribution < 1.29 is 4.42 Å². The number of nitrogens with one attached hydrogen (secondary N) is 1. The first-order valence-electron chi connectivity index (χ1n) is 5.85. The first-order valence-corrected chi connectivity index (χ1v) is 5.85. The molecule has 92 valence electrons. The summed E-state index contributed by atoms with van der Waals surface area (Å²) in [5.41, 5.74) is 0. The summed E-state index contributed by atoms with van der Waals surface area (Å²) in [7, 11) is 1.99. The fraction of sp³-hybridized carbons (Fsp3) is 0.500. The number of oxazole rings is 1. The highest BCUT2D eigenvalue weighted by molar-refractivity contribution is 4.98. The zero-order chi connectivity index (χ0) is 12.3. The molecule has 5 heteroatoms. The van der Waals surface area contributed by atoms with E-state index in [9.17, 15) is 0 Å². The maximum absolute atomic E-state index is 5.53. The molecule has 0 aliphatic carbocycles. The lowest BCUT2D eigenvalue weighted by Crippen LogP contribution is -2.21. The van der Waals surface area contributed by atoms with Gasteiger partial charge in [-0.3, -0.25) is 5.32 Å². The van der Waals surface area contributed by atoms with E-state index in [0.717, 1.165) is 23.9 Å². The molecule has 0 saturated heterocycles. The Kier molecular flexibility index (Phi) is 3.58. The average molecular weight is 234 g/mol. The Hall–Kier alpha value is -1.62. The van der Waals surface area contributed by atoms with Crippen molar-refractivity contribution in [1.82, 2.24) is 19.9 Å². The van der Waals surface area contributed by atoms with E-state index in [-0.39, 0.29) is 6.04 Å². The smallest absolute Gasteiger partial charge is 0.208 e. The van der Waals surface area contributed by atoms with Crippen LogP contribution in [-0.2, 0) is 20.0 Å². The molecule has 1 N–H and O–H groups in total. The van der Waals surface area contributed by atoms with Gasteiger partial charge in [0, 0.05) is 25.9 Å². The van der Waals surface area contributed by atoms with Gasteiger partial charge in [0.15, 0.2) is 0 Å². The number of hydrogen-bond acceptors (Lipinski definition) is 4. The van der Waals surface area contributed by atoms with Gasteiger partial charge in [0.1, 0.15) is 11.6 Å². The summed E-state index contributed by atoms with van der Waals surface area (Å²) >= 11 is 0. The van der Waals surface area contributed by atoms with Crippen LogP contribution in [0.25, 0.3) is 0 Å². The second kappa shape index (κ2) is 5.14. The van der Waals surface area contributed by atoms with Crippen molar-refractivity contribution in [3.05, 3.63) is 36.1 Å². The van der Waals surface area contributed by atoms with Gasteiger partial charge in [0.05, 0.1) is 18.8 Å². The van der Waals surface area contributed by atoms with Crippen molar-refractivity contribution in [3.63, 3.8) is 0 Å². The number of aryl methyl sites for hydroxylation is 2. The van der Waals surface area contributed by atoms with Crippen LogP contribution in [0.3, 0.4) is 0 Å². The molecule has 0 aliphatic rings. The lowest BCUT2D eigenvalue weighted by molar-refractivity contribution is 0.417. The fourth-order valence-electron chi connectivity index (χ4n) is 1.72. The fourth-order valence-corrected chi connectivity index (χ4v) is 1.72. The minimum absolute atomic E-state index is 0.173. The molecule has 1 unspecified atom stereocenters. The Morgan fingerprint density at radius 1 is 1.47 bits per heavy atom. The lowest BCUT2D eigenvalue weighted by atomic mass is 10.3. The molecular weight excluding hydrogens is 216 g/mol. The van der Waals surface area contributed by atoms with E-state index in [1.54, 1.807) is 12.4 Å². The Balaban J connectivity index is 1.92. The lowest BCUT2D eigenvalue weighted by Gasteiger charge is -2.12. The third-order valence-corrected chi connectivity index (χ3v) is 2.76. The van der Waals surface area contributed by atoms with Crippen LogP contribution in [0.4, 0.5) is 0 Å². The SMILES string of the molecule is CCc1cnc(CNC(C)c2nccn2C)o1. The molecule has 1 atom stereocenters. The van der Waals surface area contributed by atoms with E-state index in [4.69, 9.17) is 4.42 Å². The van der Waals surface area contributed by atoms with Gasteiger partial charge in [0.25, 0.3) is 0 Å². The molecule has 0 spiro atoms. The molecule has 17 heavy (non-hydrogen) atoms. The van der Waals surface area contributed by atoms with Gasteiger partial charge in [-0.15, -0.1) is 0 Å². The van der Waals surface area contributed by atoms with Crippen LogP contribution in [0.15, 0.2) is 23.0 Å². The second-order valence-corrected chi connectivity index (χ2v) is 4.07. The molecule has 0 aliphatic heterocycles. The number of imidazole rings is 1. The monoisotopic (exact) mass is 234 g/mol. The Labute approximate surface area is 101 Å². The van der Waals surface area contributed by atoms with Crippen LogP contribution in [0.5, 0.6) is 0 Å². The molecule has 0 fully saturated rings. The zero-order valence-corrected chi connectivity index (χ0v) is 10.5. The average Bonchev–Trinajstić information content (AvgIpc) is 2.94. The van der Waals surface area contributed by atoms with E-state index in [1.165, 1.54) is 0 Å². The first-order chi connectivity index (χ1) is 8.20. The molecule has 2 aromatic rings. The van der Waals surface area contributed by atoms with Crippen molar-refractivity contribution in [1.29, 1.82) is 0 Å². The second-order valence-electron chi connectivity index (χ2n) is 4.07. The highest BCUT2D eigenvalue weighted by atomic mass is 16.4. The Morgan fingerprint density at radius 3 is 2.88 bits per heavy atom. The first kappa shape index (κ1) is 11.9. The van der Waals surface area contributed by atoms with Crippen LogP contribution in [0.2, 0.25) is 0 Å². The highest BCUT2D eigenvalue weighted by Crippen LogP contribution is 2.10. The minimum Gasteiger partial charge on any atom is -0.444 e. The topological polar surface area (TPSA) is 55.9 Å². The molecule has 0 bridgehead atoms. The largest absolute Gasteiger partial charge is 0.444 e. The highest BCUT2D eigenvalue weighted by Gasteiger charge is 2.10. The number of rotatable bonds is 5. The van der Waals surface area contributed by atoms with E-state index in [2.05, 4.69) is 22.2 Å². The van der Waals surface area contributed by atoms with Crippen molar-refractivity contribution in [3.8, 4) is 0 Å². The molecule has 0 amide bonds. The zero-order valence-electron chi connectivity index (χ0n) is 10.5. The normalized spacial score (nSPS) is 12.9. The maximum atomic E-state index is 5.53. The maximum Gasteiger partial charge on any atom is 0.208 e. The van der Waals surface area contributed by atoms with Gasteiger partial charge >= 0.3 is 0 Å². The summed E-state index contributed by atoms with van der Waals surface area (Å²) in [5.74, 6) is 2.65. The minimum atomic E-state index is 0.173. The number of hydrogen-bond donors (Lipinski definition) is 1. The van der Waals surface area contributed by atoms with Crippen molar-refractivity contribution in [2.24, 2.45) is 7.05 Å². The molecule has 5 nitrogen and oxygen atoms in total. The van der Waals surface area contributed by atoms with Crippen LogP contribution in [0, 0.1) is 0 Å². The number of aromatic nitrogens is 3. The van der Waals surface area contributed by atoms with E-state index in [0.29, 0.717) is 6.54 Å². The molecule has 2 heterocycles. The molecule has 0 saturated carbocycles. The van der Waals surface area contributed by atoms with Crippen LogP contribution >= 0.6 is 0 Å². The quantitative estimate of drug-likeness (QED) is 0.857. The van der Waals surface area contributed by atoms with Crippen LogP contribution in [-0.4, -0.2) is 14.5 Å². The molecule has 2 rings (SSSR count). The van der Waals surface area contributed by atoms with Crippen molar-refractivity contribution in [2.75, 3.05) is 0 Å². The Bertz CT molecular complexity index is 474. The molecule has 0 aromatic carbocycles. The summed E-state index contributed by atoms with van der Waals surface area (Å²) in [6, 6.07) is 0.173. The van der Waals surface area contributed by atoms with Gasteiger partial charge in [-0.05, 0) is 6.92 Å². The predicted molar refractivity (Wildman–Crippen MR) is 64.3 cm³/mol. The third kappa shape index (κ3) is 2.74. The third-order valence-electron chi connectivity index (χ3n) is 2.76. The Morgan fingerprint density at radius 2 is 2.29 bits per heavy atom. The predicted octanol–water partition coefficient (Wildman–Crippen LogP) is 1.82. The summed E-state index contributed by atoms with van der Waals surface area (Å²) in [6.45, 7) is 4.74. The van der Waals surface area contributed by atoms with Crippen LogP contribution < -0.4 is 5.32 Å². The van der Waals surface area contributed by atoms with Gasteiger partial charge in [-0.1, -0.05) is 6.92 Å². The summed E-state index contributed by atoms with van der Waals surface area (Å²) in [4.78, 5) is 8.51. The summed E-state index contributed by atoms with van der Waals surface area (Å²) < 4.78 is 7.53.